The summed E-state index contributed by atoms with van der Waals surface area (Å²) in [6, 6.07) is 0. The number of nitrogens with one attached hydrogen (secondary N) is 1. The average molecular weight is 199 g/mol. The minimum atomic E-state index is -0.568. The van der Waals surface area contributed by atoms with Crippen molar-refractivity contribution in [2.45, 2.75) is 52.1 Å². The van der Waals surface area contributed by atoms with Gasteiger partial charge in [0.25, 0.3) is 0 Å². The van der Waals surface area contributed by atoms with Gasteiger partial charge in [0.15, 0.2) is 0 Å². The van der Waals surface area contributed by atoms with E-state index >= 15 is 0 Å². The highest BCUT2D eigenvalue weighted by molar-refractivity contribution is 4.74. The molecule has 0 radical (unpaired) electrons. The van der Waals surface area contributed by atoms with Crippen molar-refractivity contribution in [2.75, 3.05) is 13.1 Å². The lowest BCUT2D eigenvalue weighted by Crippen LogP contribution is -2.37. The van der Waals surface area contributed by atoms with Crippen molar-refractivity contribution >= 4 is 0 Å². The Labute approximate surface area is 88.1 Å². The molecule has 14 heavy (non-hydrogen) atoms. The Morgan fingerprint density at radius 2 is 1.79 bits per heavy atom. The fraction of sp³-hybridized carbons (Fsp3) is 1.00. The van der Waals surface area contributed by atoms with Gasteiger partial charge in [0.2, 0.25) is 0 Å². The van der Waals surface area contributed by atoms with Crippen LogP contribution in [0.4, 0.5) is 0 Å². The normalized spacial score (nSPS) is 29.1. The van der Waals surface area contributed by atoms with Gasteiger partial charge in [-0.2, -0.15) is 0 Å². The van der Waals surface area contributed by atoms with Gasteiger partial charge in [-0.15, -0.1) is 0 Å². The van der Waals surface area contributed by atoms with Crippen molar-refractivity contribution in [2.24, 2.45) is 11.8 Å². The fourth-order valence-electron chi connectivity index (χ4n) is 2.12. The summed E-state index contributed by atoms with van der Waals surface area (Å²) in [6.45, 7) is 7.84. The van der Waals surface area contributed by atoms with Crippen molar-refractivity contribution < 1.29 is 5.11 Å². The molecule has 1 rings (SSSR count). The molecule has 1 saturated carbocycles. The third kappa shape index (κ3) is 4.97. The largest absolute Gasteiger partial charge is 0.389 e. The van der Waals surface area contributed by atoms with Crippen LogP contribution >= 0.6 is 0 Å². The van der Waals surface area contributed by atoms with Crippen LogP contribution in [0.25, 0.3) is 0 Å². The second kappa shape index (κ2) is 5.13. The minimum Gasteiger partial charge on any atom is -0.389 e. The summed E-state index contributed by atoms with van der Waals surface area (Å²) >= 11 is 0. The van der Waals surface area contributed by atoms with E-state index in [0.29, 0.717) is 6.54 Å². The zero-order valence-corrected chi connectivity index (χ0v) is 9.84. The zero-order chi connectivity index (χ0) is 10.6. The molecule has 2 N–H and O–H groups in total. The van der Waals surface area contributed by atoms with Crippen molar-refractivity contribution in [1.29, 1.82) is 0 Å². The molecule has 0 aromatic rings. The lowest BCUT2D eigenvalue weighted by Gasteiger charge is -2.27. The van der Waals surface area contributed by atoms with Crippen LogP contribution in [0, 0.1) is 11.8 Å². The summed E-state index contributed by atoms with van der Waals surface area (Å²) in [5, 5.41) is 12.9. The number of rotatable bonds is 4. The Morgan fingerprint density at radius 1 is 1.21 bits per heavy atom. The quantitative estimate of drug-likeness (QED) is 0.727. The maximum absolute atomic E-state index is 9.53. The average Bonchev–Trinajstić information content (AvgIpc) is 2.06. The number of hydrogen-bond acceptors (Lipinski definition) is 2. The summed E-state index contributed by atoms with van der Waals surface area (Å²) in [5.74, 6) is 1.77. The lowest BCUT2D eigenvalue weighted by atomic mass is 9.83. The van der Waals surface area contributed by atoms with Crippen LogP contribution in [-0.2, 0) is 0 Å². The summed E-state index contributed by atoms with van der Waals surface area (Å²) in [6.07, 6.45) is 5.49. The van der Waals surface area contributed by atoms with Gasteiger partial charge in [-0.1, -0.05) is 19.8 Å². The zero-order valence-electron chi connectivity index (χ0n) is 9.84. The van der Waals surface area contributed by atoms with Crippen molar-refractivity contribution in [3.63, 3.8) is 0 Å². The van der Waals surface area contributed by atoms with Crippen LogP contribution in [0.3, 0.4) is 0 Å². The van der Waals surface area contributed by atoms with Gasteiger partial charge in [-0.05, 0) is 45.1 Å². The first-order valence-electron chi connectivity index (χ1n) is 5.90. The molecule has 2 nitrogen and oxygen atoms in total. The number of aliphatic hydroxyl groups is 1. The standard InChI is InChI=1S/C12H25NO/c1-10-4-6-11(7-5-10)8-13-9-12(2,3)14/h10-11,13-14H,4-9H2,1-3H3. The molecular formula is C12H25NO. The van der Waals surface area contributed by atoms with Crippen LogP contribution in [0.1, 0.15) is 46.5 Å². The maximum Gasteiger partial charge on any atom is 0.0715 e. The van der Waals surface area contributed by atoms with E-state index in [0.717, 1.165) is 18.4 Å². The topological polar surface area (TPSA) is 32.3 Å². The molecule has 1 aliphatic rings. The first-order chi connectivity index (χ1) is 6.47. The van der Waals surface area contributed by atoms with Gasteiger partial charge >= 0.3 is 0 Å². The molecule has 0 saturated heterocycles. The Balaban J connectivity index is 2.08. The maximum atomic E-state index is 9.53. The van der Waals surface area contributed by atoms with Crippen LogP contribution in [0.2, 0.25) is 0 Å². The molecule has 0 aromatic heterocycles. The van der Waals surface area contributed by atoms with E-state index in [-0.39, 0.29) is 0 Å². The van der Waals surface area contributed by atoms with E-state index in [1.807, 2.05) is 13.8 Å². The summed E-state index contributed by atoms with van der Waals surface area (Å²) in [4.78, 5) is 0. The molecule has 1 fully saturated rings. The summed E-state index contributed by atoms with van der Waals surface area (Å²) in [7, 11) is 0. The van der Waals surface area contributed by atoms with Gasteiger partial charge in [-0.3, -0.25) is 0 Å². The molecule has 0 unspecified atom stereocenters. The molecule has 1 aliphatic carbocycles. The van der Waals surface area contributed by atoms with Crippen molar-refractivity contribution in [1.82, 2.24) is 5.32 Å². The molecule has 0 heterocycles. The first kappa shape index (κ1) is 12.0. The molecule has 84 valence electrons. The lowest BCUT2D eigenvalue weighted by molar-refractivity contribution is 0.0777. The SMILES string of the molecule is CC1CCC(CNCC(C)(C)O)CC1. The van der Waals surface area contributed by atoms with E-state index in [1.165, 1.54) is 25.7 Å². The Hall–Kier alpha value is -0.0800. The van der Waals surface area contributed by atoms with Crippen LogP contribution in [0.5, 0.6) is 0 Å². The second-order valence-corrected chi connectivity index (χ2v) is 5.57. The minimum absolute atomic E-state index is 0.568. The molecule has 0 spiro atoms. The smallest absolute Gasteiger partial charge is 0.0715 e. The van der Waals surface area contributed by atoms with Crippen LogP contribution in [-0.4, -0.2) is 23.8 Å². The van der Waals surface area contributed by atoms with E-state index in [4.69, 9.17) is 0 Å². The molecule has 0 aromatic carbocycles. The van der Waals surface area contributed by atoms with Gasteiger partial charge in [-0.25, -0.2) is 0 Å². The van der Waals surface area contributed by atoms with E-state index in [2.05, 4.69) is 12.2 Å². The molecule has 0 bridgehead atoms. The van der Waals surface area contributed by atoms with Crippen LogP contribution in [0.15, 0.2) is 0 Å². The van der Waals surface area contributed by atoms with Gasteiger partial charge in [0.05, 0.1) is 5.60 Å². The predicted molar refractivity (Wildman–Crippen MR) is 60.3 cm³/mol. The Morgan fingerprint density at radius 3 is 2.29 bits per heavy atom. The Bertz CT molecular complexity index is 154. The monoisotopic (exact) mass is 199 g/mol. The highest BCUT2D eigenvalue weighted by Gasteiger charge is 2.19. The van der Waals surface area contributed by atoms with Gasteiger partial charge in [0.1, 0.15) is 0 Å². The van der Waals surface area contributed by atoms with Crippen molar-refractivity contribution in [3.8, 4) is 0 Å². The molecule has 0 aliphatic heterocycles. The summed E-state index contributed by atoms with van der Waals surface area (Å²) in [5.41, 5.74) is -0.568. The third-order valence-corrected chi connectivity index (χ3v) is 3.13. The van der Waals surface area contributed by atoms with Gasteiger partial charge < -0.3 is 10.4 Å². The second-order valence-electron chi connectivity index (χ2n) is 5.57. The highest BCUT2D eigenvalue weighted by atomic mass is 16.3. The molecule has 2 heteroatoms. The third-order valence-electron chi connectivity index (χ3n) is 3.13. The fourth-order valence-corrected chi connectivity index (χ4v) is 2.12. The van der Waals surface area contributed by atoms with E-state index in [1.54, 1.807) is 0 Å². The first-order valence-corrected chi connectivity index (χ1v) is 5.90. The summed E-state index contributed by atoms with van der Waals surface area (Å²) < 4.78 is 0. The van der Waals surface area contributed by atoms with E-state index < -0.39 is 5.60 Å². The van der Waals surface area contributed by atoms with E-state index in [9.17, 15) is 5.11 Å². The molecule has 0 atom stereocenters. The Kier molecular flexibility index (Phi) is 4.39. The predicted octanol–water partition coefficient (Wildman–Crippen LogP) is 2.17. The van der Waals surface area contributed by atoms with Crippen LogP contribution < -0.4 is 5.32 Å². The number of hydrogen-bond donors (Lipinski definition) is 2. The van der Waals surface area contributed by atoms with Crippen molar-refractivity contribution in [3.05, 3.63) is 0 Å². The van der Waals surface area contributed by atoms with Gasteiger partial charge in [0, 0.05) is 6.54 Å². The molecule has 0 amide bonds. The molecular weight excluding hydrogens is 174 g/mol. The highest BCUT2D eigenvalue weighted by Crippen LogP contribution is 2.27.